The van der Waals surface area contributed by atoms with E-state index in [1.54, 1.807) is 12.1 Å². The van der Waals surface area contributed by atoms with Crippen LogP contribution in [-0.2, 0) is 4.74 Å². The summed E-state index contributed by atoms with van der Waals surface area (Å²) in [5.41, 5.74) is 0.522. The third kappa shape index (κ3) is 6.53. The Kier molecular flexibility index (Phi) is 9.74. The van der Waals surface area contributed by atoms with Crippen LogP contribution in [0.4, 0.5) is 13.2 Å². The van der Waals surface area contributed by atoms with E-state index in [0.717, 1.165) is 25.7 Å². The normalized spacial score (nSPS) is 24.6. The number of aliphatic hydroxyl groups is 1. The number of hydrogen-bond donors (Lipinski definition) is 1. The zero-order chi connectivity index (χ0) is 27.2. The summed E-state index contributed by atoms with van der Waals surface area (Å²) in [6, 6.07) is 7.74. The Hall–Kier alpha value is -2.54. The molecule has 2 aliphatic carbocycles. The van der Waals surface area contributed by atoms with Crippen LogP contribution < -0.4 is 4.74 Å². The van der Waals surface area contributed by atoms with E-state index in [1.165, 1.54) is 18.2 Å². The van der Waals surface area contributed by atoms with Crippen molar-refractivity contribution in [3.8, 4) is 5.75 Å². The minimum atomic E-state index is -1.16. The van der Waals surface area contributed by atoms with Gasteiger partial charge in [-0.1, -0.05) is 25.5 Å². The zero-order valence-electron chi connectivity index (χ0n) is 22.4. The molecule has 1 N–H and O–H groups in total. The van der Waals surface area contributed by atoms with E-state index in [9.17, 15) is 18.7 Å². The highest BCUT2D eigenvalue weighted by atomic mass is 19.2. The second-order valence-electron chi connectivity index (χ2n) is 10.8. The van der Waals surface area contributed by atoms with Gasteiger partial charge in [0.15, 0.2) is 11.6 Å². The highest BCUT2D eigenvalue weighted by Crippen LogP contribution is 2.40. The molecule has 1 atom stereocenters. The lowest BCUT2D eigenvalue weighted by molar-refractivity contribution is 0.0188. The highest BCUT2D eigenvalue weighted by molar-refractivity contribution is 5.90. The Morgan fingerprint density at radius 2 is 1.53 bits per heavy atom. The van der Waals surface area contributed by atoms with Crippen LogP contribution in [0.1, 0.15) is 111 Å². The molecular weight excluding hydrogens is 493 g/mol. The van der Waals surface area contributed by atoms with Crippen molar-refractivity contribution in [1.29, 1.82) is 0 Å². The number of halogens is 3. The second-order valence-corrected chi connectivity index (χ2v) is 10.8. The fraction of sp³-hybridized carbons (Fsp3) is 0.581. The molecule has 4 nitrogen and oxygen atoms in total. The van der Waals surface area contributed by atoms with Crippen LogP contribution >= 0.6 is 0 Å². The summed E-state index contributed by atoms with van der Waals surface area (Å²) in [4.78, 5) is 12.7. The predicted molar refractivity (Wildman–Crippen MR) is 140 cm³/mol. The van der Waals surface area contributed by atoms with Gasteiger partial charge in [-0.25, -0.2) is 18.0 Å². The Bertz CT molecular complexity index is 1090. The first-order valence-electron chi connectivity index (χ1n) is 14.1. The molecule has 7 heteroatoms. The smallest absolute Gasteiger partial charge is 0.341 e. The van der Waals surface area contributed by atoms with Crippen LogP contribution in [-0.4, -0.2) is 29.9 Å². The molecule has 0 spiro atoms. The van der Waals surface area contributed by atoms with E-state index in [4.69, 9.17) is 9.47 Å². The summed E-state index contributed by atoms with van der Waals surface area (Å²) in [6.07, 6.45) is 6.16. The van der Waals surface area contributed by atoms with Gasteiger partial charge in [0.2, 0.25) is 0 Å². The topological polar surface area (TPSA) is 55.8 Å². The standard InChI is InChI=1S/C31H39F3O4/c1-3-5-28(35)21-8-6-20(7-9-21)25-16-17-26(30(34)29(25)33)31(36)38-22-12-10-19(11-13-22)24-15-14-23(37-4-2)18-27(24)32/h14-22,28,35H,3-13H2,1-2H3. The third-order valence-electron chi connectivity index (χ3n) is 8.34. The van der Waals surface area contributed by atoms with E-state index < -0.39 is 29.3 Å². The van der Waals surface area contributed by atoms with Crippen LogP contribution in [0.5, 0.6) is 5.75 Å². The molecule has 0 aromatic heterocycles. The van der Waals surface area contributed by atoms with Gasteiger partial charge in [-0.05, 0) is 106 Å². The molecule has 0 heterocycles. The summed E-state index contributed by atoms with van der Waals surface area (Å²) < 4.78 is 55.5. The minimum Gasteiger partial charge on any atom is -0.494 e. The molecule has 0 bridgehead atoms. The van der Waals surface area contributed by atoms with Gasteiger partial charge in [-0.3, -0.25) is 0 Å². The molecule has 0 amide bonds. The molecule has 2 aromatic carbocycles. The van der Waals surface area contributed by atoms with E-state index >= 15 is 4.39 Å². The average Bonchev–Trinajstić information content (AvgIpc) is 2.91. The van der Waals surface area contributed by atoms with Crippen molar-refractivity contribution in [1.82, 2.24) is 0 Å². The number of benzene rings is 2. The fourth-order valence-electron chi connectivity index (χ4n) is 6.19. The summed E-state index contributed by atoms with van der Waals surface area (Å²) in [6.45, 7) is 4.35. The van der Waals surface area contributed by atoms with Gasteiger partial charge in [0, 0.05) is 6.07 Å². The zero-order valence-corrected chi connectivity index (χ0v) is 22.4. The van der Waals surface area contributed by atoms with Crippen molar-refractivity contribution in [3.63, 3.8) is 0 Å². The van der Waals surface area contributed by atoms with Crippen molar-refractivity contribution >= 4 is 5.97 Å². The molecule has 0 saturated heterocycles. The number of aliphatic hydroxyl groups excluding tert-OH is 1. The molecule has 2 aliphatic rings. The van der Waals surface area contributed by atoms with Crippen molar-refractivity contribution < 1.29 is 32.5 Å². The molecule has 2 saturated carbocycles. The highest BCUT2D eigenvalue weighted by Gasteiger charge is 2.32. The quantitative estimate of drug-likeness (QED) is 0.335. The van der Waals surface area contributed by atoms with Crippen LogP contribution in [0.3, 0.4) is 0 Å². The SMILES string of the molecule is CCCC(O)C1CCC(c2ccc(C(=O)OC3CCC(c4ccc(OCC)cc4F)CC3)c(F)c2F)CC1. The van der Waals surface area contributed by atoms with E-state index in [0.29, 0.717) is 62.0 Å². The van der Waals surface area contributed by atoms with E-state index in [2.05, 4.69) is 0 Å². The van der Waals surface area contributed by atoms with Gasteiger partial charge in [-0.2, -0.15) is 0 Å². The van der Waals surface area contributed by atoms with Crippen LogP contribution in [0.25, 0.3) is 0 Å². The van der Waals surface area contributed by atoms with Crippen LogP contribution in [0.15, 0.2) is 30.3 Å². The monoisotopic (exact) mass is 532 g/mol. The van der Waals surface area contributed by atoms with Crippen LogP contribution in [0.2, 0.25) is 0 Å². The Morgan fingerprint density at radius 1 is 0.895 bits per heavy atom. The second kappa shape index (κ2) is 13.0. The number of esters is 1. The summed E-state index contributed by atoms with van der Waals surface area (Å²) in [5, 5.41) is 10.3. The van der Waals surface area contributed by atoms with Gasteiger partial charge in [-0.15, -0.1) is 0 Å². The van der Waals surface area contributed by atoms with Gasteiger partial charge >= 0.3 is 5.97 Å². The van der Waals surface area contributed by atoms with E-state index in [1.807, 2.05) is 13.8 Å². The molecule has 0 aliphatic heterocycles. The fourth-order valence-corrected chi connectivity index (χ4v) is 6.19. The van der Waals surface area contributed by atoms with Gasteiger partial charge in [0.05, 0.1) is 18.3 Å². The molecule has 208 valence electrons. The molecular formula is C31H39F3O4. The molecule has 0 radical (unpaired) electrons. The maximum atomic E-state index is 15.0. The summed E-state index contributed by atoms with van der Waals surface area (Å²) >= 11 is 0. The van der Waals surface area contributed by atoms with Crippen molar-refractivity contribution in [2.45, 2.75) is 102 Å². The maximum Gasteiger partial charge on any atom is 0.341 e. The third-order valence-corrected chi connectivity index (χ3v) is 8.34. The summed E-state index contributed by atoms with van der Waals surface area (Å²) in [7, 11) is 0. The maximum absolute atomic E-state index is 15.0. The number of hydrogen-bond acceptors (Lipinski definition) is 4. The molecule has 2 aromatic rings. The van der Waals surface area contributed by atoms with Crippen molar-refractivity contribution in [3.05, 3.63) is 64.5 Å². The minimum absolute atomic E-state index is 0.00673. The number of rotatable bonds is 9. The first-order valence-corrected chi connectivity index (χ1v) is 14.1. The molecule has 2 fully saturated rings. The average molecular weight is 533 g/mol. The molecule has 38 heavy (non-hydrogen) atoms. The Morgan fingerprint density at radius 3 is 2.16 bits per heavy atom. The van der Waals surface area contributed by atoms with Crippen molar-refractivity contribution in [2.24, 2.45) is 5.92 Å². The first kappa shape index (κ1) is 28.5. The predicted octanol–water partition coefficient (Wildman–Crippen LogP) is 7.82. The Labute approximate surface area is 223 Å². The van der Waals surface area contributed by atoms with Gasteiger partial charge < -0.3 is 14.6 Å². The molecule has 1 unspecified atom stereocenters. The lowest BCUT2D eigenvalue weighted by Crippen LogP contribution is -2.26. The van der Waals surface area contributed by atoms with Crippen molar-refractivity contribution in [2.75, 3.05) is 6.61 Å². The lowest BCUT2D eigenvalue weighted by atomic mass is 9.76. The molecule has 4 rings (SSSR count). The lowest BCUT2D eigenvalue weighted by Gasteiger charge is -2.32. The first-order chi connectivity index (χ1) is 18.3. The van der Waals surface area contributed by atoms with Gasteiger partial charge in [0.25, 0.3) is 0 Å². The number of ether oxygens (including phenoxy) is 2. The van der Waals surface area contributed by atoms with Crippen LogP contribution in [0, 0.1) is 23.4 Å². The number of carbonyl (C=O) groups excluding carboxylic acids is 1. The Balaban J connectivity index is 1.32. The largest absolute Gasteiger partial charge is 0.494 e. The van der Waals surface area contributed by atoms with E-state index in [-0.39, 0.29) is 29.7 Å². The van der Waals surface area contributed by atoms with Gasteiger partial charge in [0.1, 0.15) is 17.7 Å². The number of carbonyl (C=O) groups is 1. The summed E-state index contributed by atoms with van der Waals surface area (Å²) in [5.74, 6) is -2.73.